The first-order chi connectivity index (χ1) is 7.87. The number of aromatic nitrogens is 2. The Hall–Kier alpha value is -1.56. The number of hydrogen-bond donors (Lipinski definition) is 1. The molecule has 2 N–H and O–H groups in total. The maximum atomic E-state index is 12.3. The van der Waals surface area contributed by atoms with Crippen LogP contribution in [-0.4, -0.2) is 15.7 Å². The molecule has 0 aliphatic rings. The van der Waals surface area contributed by atoms with Crippen molar-refractivity contribution in [2.24, 2.45) is 5.73 Å². The highest BCUT2D eigenvalue weighted by Crippen LogP contribution is 2.23. The number of nitrogens with two attached hydrogens (primary N) is 1. The number of hydrogen-bond acceptors (Lipinski definition) is 2. The second-order valence-electron chi connectivity index (χ2n) is 4.02. The van der Waals surface area contributed by atoms with E-state index in [1.165, 1.54) is 12.4 Å². The molecule has 3 nitrogen and oxygen atoms in total. The molecule has 2 aromatic rings. The van der Waals surface area contributed by atoms with Gasteiger partial charge in [-0.05, 0) is 19.1 Å². The van der Waals surface area contributed by atoms with Crippen LogP contribution in [0.25, 0.3) is 10.9 Å². The summed E-state index contributed by atoms with van der Waals surface area (Å²) < 4.78 is 38.0. The Morgan fingerprint density at radius 1 is 1.47 bits per heavy atom. The van der Waals surface area contributed by atoms with Crippen molar-refractivity contribution in [2.75, 3.05) is 0 Å². The van der Waals surface area contributed by atoms with Crippen LogP contribution in [0.5, 0.6) is 0 Å². The average Bonchev–Trinajstić information content (AvgIpc) is 2.58. The summed E-state index contributed by atoms with van der Waals surface area (Å²) in [4.78, 5) is 4.06. The highest BCUT2D eigenvalue weighted by molar-refractivity contribution is 5.79. The van der Waals surface area contributed by atoms with E-state index in [9.17, 15) is 13.2 Å². The van der Waals surface area contributed by atoms with Gasteiger partial charge in [0, 0.05) is 17.6 Å². The monoisotopic (exact) mass is 243 g/mol. The van der Waals surface area contributed by atoms with Gasteiger partial charge >= 0.3 is 6.18 Å². The smallest absolute Gasteiger partial charge is 0.337 e. The molecule has 2 rings (SSSR count). The van der Waals surface area contributed by atoms with Crippen LogP contribution in [0.1, 0.15) is 18.7 Å². The fraction of sp³-hybridized carbons (Fsp3) is 0.364. The molecule has 1 atom stereocenters. The van der Waals surface area contributed by atoms with Crippen molar-refractivity contribution in [3.8, 4) is 0 Å². The molecule has 0 aromatic carbocycles. The molecule has 0 amide bonds. The summed E-state index contributed by atoms with van der Waals surface area (Å²) in [5.41, 5.74) is 6.80. The summed E-state index contributed by atoms with van der Waals surface area (Å²) >= 11 is 0. The lowest BCUT2D eigenvalue weighted by Gasteiger charge is -2.09. The molecule has 0 fully saturated rings. The lowest BCUT2D eigenvalue weighted by molar-refractivity contribution is -0.139. The van der Waals surface area contributed by atoms with E-state index >= 15 is 0 Å². The van der Waals surface area contributed by atoms with Gasteiger partial charge in [-0.3, -0.25) is 4.98 Å². The molecule has 0 aliphatic carbocycles. The number of fused-ring (bicyclic) bond motifs is 1. The summed E-state index contributed by atoms with van der Waals surface area (Å²) in [6.07, 6.45) is -1.39. The Morgan fingerprint density at radius 2 is 2.18 bits per heavy atom. The van der Waals surface area contributed by atoms with Crippen molar-refractivity contribution >= 4 is 10.9 Å². The predicted molar refractivity (Wildman–Crippen MR) is 58.4 cm³/mol. The fourth-order valence-corrected chi connectivity index (χ4v) is 1.68. The summed E-state index contributed by atoms with van der Waals surface area (Å²) in [5.74, 6) is 0. The zero-order chi connectivity index (χ0) is 12.6. The zero-order valence-corrected chi connectivity index (χ0v) is 9.20. The van der Waals surface area contributed by atoms with Crippen LogP contribution in [0.15, 0.2) is 24.5 Å². The van der Waals surface area contributed by atoms with Gasteiger partial charge < -0.3 is 10.3 Å². The van der Waals surface area contributed by atoms with Crippen molar-refractivity contribution in [1.82, 2.24) is 9.55 Å². The Bertz CT molecular complexity index is 528. The number of pyridine rings is 1. The maximum absolute atomic E-state index is 12.3. The zero-order valence-electron chi connectivity index (χ0n) is 9.20. The lowest BCUT2D eigenvalue weighted by Crippen LogP contribution is -2.17. The van der Waals surface area contributed by atoms with Crippen LogP contribution in [0, 0.1) is 0 Å². The Balaban J connectivity index is 2.42. The molecule has 0 spiro atoms. The van der Waals surface area contributed by atoms with Gasteiger partial charge in [-0.25, -0.2) is 0 Å². The lowest BCUT2D eigenvalue weighted by atomic mass is 10.2. The van der Waals surface area contributed by atoms with Gasteiger partial charge in [-0.2, -0.15) is 13.2 Å². The third-order valence-electron chi connectivity index (χ3n) is 2.49. The van der Waals surface area contributed by atoms with Crippen molar-refractivity contribution < 1.29 is 13.2 Å². The largest absolute Gasteiger partial charge is 0.406 e. The van der Waals surface area contributed by atoms with Crippen molar-refractivity contribution in [1.29, 1.82) is 0 Å². The Morgan fingerprint density at radius 3 is 2.76 bits per heavy atom. The summed E-state index contributed by atoms with van der Waals surface area (Å²) in [6, 6.07) is 3.12. The minimum absolute atomic E-state index is 0.231. The minimum atomic E-state index is -4.23. The fourth-order valence-electron chi connectivity index (χ4n) is 1.68. The molecule has 2 aromatic heterocycles. The van der Waals surface area contributed by atoms with Gasteiger partial charge in [0.05, 0.1) is 17.4 Å². The number of alkyl halides is 3. The number of rotatable bonds is 2. The highest BCUT2D eigenvalue weighted by atomic mass is 19.4. The highest BCUT2D eigenvalue weighted by Gasteiger charge is 2.28. The molecule has 0 aliphatic heterocycles. The molecular weight excluding hydrogens is 231 g/mol. The topological polar surface area (TPSA) is 43.8 Å². The van der Waals surface area contributed by atoms with Gasteiger partial charge in [0.1, 0.15) is 6.54 Å². The molecule has 0 radical (unpaired) electrons. The molecule has 6 heteroatoms. The van der Waals surface area contributed by atoms with Gasteiger partial charge in [-0.1, -0.05) is 0 Å². The van der Waals surface area contributed by atoms with E-state index in [1.54, 1.807) is 19.1 Å². The summed E-state index contributed by atoms with van der Waals surface area (Å²) in [5, 5.41) is 0.719. The average molecular weight is 243 g/mol. The van der Waals surface area contributed by atoms with Crippen molar-refractivity contribution in [3.05, 3.63) is 30.2 Å². The van der Waals surface area contributed by atoms with Crippen LogP contribution in [-0.2, 0) is 6.54 Å². The molecule has 17 heavy (non-hydrogen) atoms. The summed E-state index contributed by atoms with van der Waals surface area (Å²) in [7, 11) is 0. The molecule has 0 bridgehead atoms. The summed E-state index contributed by atoms with van der Waals surface area (Å²) in [6.45, 7) is 0.774. The predicted octanol–water partition coefficient (Wildman–Crippen LogP) is 2.62. The third-order valence-corrected chi connectivity index (χ3v) is 2.49. The van der Waals surface area contributed by atoms with E-state index in [1.807, 2.05) is 0 Å². The van der Waals surface area contributed by atoms with E-state index < -0.39 is 12.7 Å². The van der Waals surface area contributed by atoms with E-state index in [2.05, 4.69) is 4.98 Å². The van der Waals surface area contributed by atoms with Crippen LogP contribution in [0.4, 0.5) is 13.2 Å². The van der Waals surface area contributed by atoms with Crippen molar-refractivity contribution in [3.63, 3.8) is 0 Å². The second kappa shape index (κ2) is 4.03. The first kappa shape index (κ1) is 11.9. The molecule has 0 saturated heterocycles. The molecule has 92 valence electrons. The maximum Gasteiger partial charge on any atom is 0.406 e. The molecule has 2 heterocycles. The van der Waals surface area contributed by atoms with Gasteiger partial charge in [-0.15, -0.1) is 0 Å². The first-order valence-electron chi connectivity index (χ1n) is 5.14. The Kier molecular flexibility index (Phi) is 2.82. The number of halogens is 3. The van der Waals surface area contributed by atoms with E-state index in [-0.39, 0.29) is 6.04 Å². The normalized spacial score (nSPS) is 14.2. The molecule has 0 saturated carbocycles. The quantitative estimate of drug-likeness (QED) is 0.881. The number of nitrogens with zero attached hydrogens (tertiary/aromatic N) is 2. The van der Waals surface area contributed by atoms with Crippen molar-refractivity contribution in [2.45, 2.75) is 25.7 Å². The van der Waals surface area contributed by atoms with Gasteiger partial charge in [0.15, 0.2) is 0 Å². The first-order valence-corrected chi connectivity index (χ1v) is 5.14. The molecular formula is C11H12F3N3. The molecule has 0 unspecified atom stereocenters. The second-order valence-corrected chi connectivity index (χ2v) is 4.02. The SMILES string of the molecule is C[C@@H](N)c1cc2ccn(CC(F)(F)F)c2cn1. The van der Waals surface area contributed by atoms with Crippen LogP contribution < -0.4 is 5.73 Å². The van der Waals surface area contributed by atoms with E-state index in [4.69, 9.17) is 5.73 Å². The Labute approximate surface area is 96.0 Å². The van der Waals surface area contributed by atoms with E-state index in [0.717, 1.165) is 9.95 Å². The minimum Gasteiger partial charge on any atom is -0.337 e. The van der Waals surface area contributed by atoms with Gasteiger partial charge in [0.2, 0.25) is 0 Å². The van der Waals surface area contributed by atoms with Gasteiger partial charge in [0.25, 0.3) is 0 Å². The van der Waals surface area contributed by atoms with Crippen LogP contribution in [0.2, 0.25) is 0 Å². The standard InChI is InChI=1S/C11H12F3N3/c1-7(15)9-4-8-2-3-17(6-11(12,13)14)10(8)5-16-9/h2-5,7H,6,15H2,1H3/t7-/m1/s1. The van der Waals surface area contributed by atoms with Crippen LogP contribution in [0.3, 0.4) is 0 Å². The third kappa shape index (κ3) is 2.58. The van der Waals surface area contributed by atoms with E-state index in [0.29, 0.717) is 11.2 Å². The van der Waals surface area contributed by atoms with Crippen LogP contribution >= 0.6 is 0 Å².